The second-order valence-corrected chi connectivity index (χ2v) is 5.66. The molecule has 1 aromatic carbocycles. The highest BCUT2D eigenvalue weighted by atomic mass is 32.2. The lowest BCUT2D eigenvalue weighted by Gasteiger charge is -2.19. The Hall–Kier alpha value is -1.07. The summed E-state index contributed by atoms with van der Waals surface area (Å²) in [4.78, 5) is 14.4. The summed E-state index contributed by atoms with van der Waals surface area (Å²) < 4.78 is 17.4. The molecule has 106 valence electrons. The molecule has 19 heavy (non-hydrogen) atoms. The van der Waals surface area contributed by atoms with Gasteiger partial charge in [0.05, 0.1) is 13.0 Å². The first-order valence-corrected chi connectivity index (χ1v) is 7.16. The lowest BCUT2D eigenvalue weighted by molar-refractivity contribution is -0.145. The third kappa shape index (κ3) is 6.07. The fourth-order valence-electron chi connectivity index (χ4n) is 1.68. The van der Waals surface area contributed by atoms with E-state index >= 15 is 0 Å². The van der Waals surface area contributed by atoms with Crippen LogP contribution in [0.5, 0.6) is 0 Å². The number of carbonyl (C=O) groups is 1. The topological polar surface area (TPSA) is 29.5 Å². The van der Waals surface area contributed by atoms with Gasteiger partial charge in [-0.25, -0.2) is 4.39 Å². The van der Waals surface area contributed by atoms with Crippen LogP contribution in [0.15, 0.2) is 29.2 Å². The number of methoxy groups -OCH3 is 1. The van der Waals surface area contributed by atoms with Crippen molar-refractivity contribution in [1.82, 2.24) is 4.90 Å². The number of carbonyl (C=O) groups excluding carboxylic acids is 1. The number of hydrogen-bond donors (Lipinski definition) is 0. The van der Waals surface area contributed by atoms with Gasteiger partial charge in [-0.05, 0) is 31.3 Å². The van der Waals surface area contributed by atoms with E-state index in [9.17, 15) is 9.18 Å². The van der Waals surface area contributed by atoms with E-state index in [2.05, 4.69) is 4.90 Å². The van der Waals surface area contributed by atoms with Crippen LogP contribution in [0, 0.1) is 11.7 Å². The highest BCUT2D eigenvalue weighted by Crippen LogP contribution is 2.18. The van der Waals surface area contributed by atoms with E-state index in [-0.39, 0.29) is 17.7 Å². The summed E-state index contributed by atoms with van der Waals surface area (Å²) in [5.74, 6) is 0.382. The van der Waals surface area contributed by atoms with Crippen LogP contribution in [-0.2, 0) is 9.53 Å². The third-order valence-electron chi connectivity index (χ3n) is 2.74. The van der Waals surface area contributed by atoms with Crippen LogP contribution in [0.25, 0.3) is 0 Å². The molecule has 0 spiro atoms. The summed E-state index contributed by atoms with van der Waals surface area (Å²) in [5, 5.41) is 0. The van der Waals surface area contributed by atoms with E-state index in [4.69, 9.17) is 4.74 Å². The van der Waals surface area contributed by atoms with Crippen LogP contribution in [0.3, 0.4) is 0 Å². The van der Waals surface area contributed by atoms with E-state index in [1.165, 1.54) is 19.2 Å². The number of benzene rings is 1. The Morgan fingerprint density at radius 3 is 2.63 bits per heavy atom. The third-order valence-corrected chi connectivity index (χ3v) is 3.74. The maximum atomic E-state index is 12.7. The molecule has 0 bridgehead atoms. The second-order valence-electron chi connectivity index (χ2n) is 4.49. The van der Waals surface area contributed by atoms with Crippen LogP contribution in [0.4, 0.5) is 4.39 Å². The van der Waals surface area contributed by atoms with Crippen molar-refractivity contribution >= 4 is 17.7 Å². The van der Waals surface area contributed by atoms with Crippen molar-refractivity contribution < 1.29 is 13.9 Å². The van der Waals surface area contributed by atoms with Gasteiger partial charge in [-0.2, -0.15) is 0 Å². The van der Waals surface area contributed by atoms with E-state index in [1.54, 1.807) is 23.9 Å². The summed E-state index contributed by atoms with van der Waals surface area (Å²) in [6, 6.07) is 6.48. The van der Waals surface area contributed by atoms with Crippen molar-refractivity contribution in [3.05, 3.63) is 30.1 Å². The molecule has 0 saturated heterocycles. The van der Waals surface area contributed by atoms with Gasteiger partial charge in [0.1, 0.15) is 5.82 Å². The predicted octanol–water partition coefficient (Wildman–Crippen LogP) is 2.66. The lowest BCUT2D eigenvalue weighted by atomic mass is 10.2. The maximum Gasteiger partial charge on any atom is 0.309 e. The van der Waals surface area contributed by atoms with Crippen LogP contribution in [-0.4, -0.2) is 43.9 Å². The first-order valence-electron chi connectivity index (χ1n) is 6.17. The van der Waals surface area contributed by atoms with Gasteiger partial charge in [-0.3, -0.25) is 4.79 Å². The Bertz CT molecular complexity index is 397. The fraction of sp³-hybridized carbons (Fsp3) is 0.500. The van der Waals surface area contributed by atoms with Gasteiger partial charge in [0.25, 0.3) is 0 Å². The molecule has 1 aromatic rings. The van der Waals surface area contributed by atoms with Crippen molar-refractivity contribution in [2.75, 3.05) is 33.0 Å². The van der Waals surface area contributed by atoms with Crippen molar-refractivity contribution in [3.63, 3.8) is 0 Å². The largest absolute Gasteiger partial charge is 0.469 e. The van der Waals surface area contributed by atoms with Gasteiger partial charge < -0.3 is 9.64 Å². The second kappa shape index (κ2) is 8.17. The number of nitrogens with zero attached hydrogens (tertiary/aromatic N) is 1. The van der Waals surface area contributed by atoms with Gasteiger partial charge in [0.15, 0.2) is 0 Å². The summed E-state index contributed by atoms with van der Waals surface area (Å²) in [5.41, 5.74) is 0. The highest BCUT2D eigenvalue weighted by Gasteiger charge is 2.14. The number of esters is 1. The molecule has 0 N–H and O–H groups in total. The lowest BCUT2D eigenvalue weighted by Crippen LogP contribution is -2.30. The molecule has 5 heteroatoms. The zero-order valence-electron chi connectivity index (χ0n) is 11.6. The number of thioether (sulfide) groups is 1. The molecular weight excluding hydrogens is 265 g/mol. The monoisotopic (exact) mass is 285 g/mol. The van der Waals surface area contributed by atoms with E-state index in [0.717, 1.165) is 17.2 Å². The van der Waals surface area contributed by atoms with Crippen molar-refractivity contribution in [2.24, 2.45) is 5.92 Å². The summed E-state index contributed by atoms with van der Waals surface area (Å²) >= 11 is 1.67. The molecular formula is C14H20FNO2S. The Labute approximate surface area is 118 Å². The number of hydrogen-bond acceptors (Lipinski definition) is 4. The van der Waals surface area contributed by atoms with E-state index in [0.29, 0.717) is 6.54 Å². The summed E-state index contributed by atoms with van der Waals surface area (Å²) in [7, 11) is 3.38. The molecule has 1 rings (SSSR count). The van der Waals surface area contributed by atoms with Gasteiger partial charge in [-0.15, -0.1) is 11.8 Å². The van der Waals surface area contributed by atoms with Gasteiger partial charge in [-0.1, -0.05) is 6.92 Å². The SMILES string of the molecule is COC(=O)C(C)CN(C)CCSc1ccc(F)cc1. The number of rotatable bonds is 7. The zero-order valence-corrected chi connectivity index (χ0v) is 12.4. The van der Waals surface area contributed by atoms with E-state index < -0.39 is 0 Å². The smallest absolute Gasteiger partial charge is 0.309 e. The maximum absolute atomic E-state index is 12.7. The molecule has 0 saturated carbocycles. The van der Waals surface area contributed by atoms with Crippen molar-refractivity contribution in [2.45, 2.75) is 11.8 Å². The minimum Gasteiger partial charge on any atom is -0.469 e. The average molecular weight is 285 g/mol. The van der Waals surface area contributed by atoms with Gasteiger partial charge in [0.2, 0.25) is 0 Å². The molecule has 1 atom stereocenters. The quantitative estimate of drug-likeness (QED) is 0.569. The molecule has 0 aromatic heterocycles. The average Bonchev–Trinajstić information content (AvgIpc) is 2.40. The van der Waals surface area contributed by atoms with Crippen LogP contribution in [0.1, 0.15) is 6.92 Å². The molecule has 0 amide bonds. The zero-order chi connectivity index (χ0) is 14.3. The Kier molecular flexibility index (Phi) is 6.87. The molecule has 0 aliphatic rings. The summed E-state index contributed by atoms with van der Waals surface area (Å²) in [6.07, 6.45) is 0. The molecule has 1 unspecified atom stereocenters. The van der Waals surface area contributed by atoms with E-state index in [1.807, 2.05) is 14.0 Å². The Balaban J connectivity index is 2.25. The van der Waals surface area contributed by atoms with Crippen molar-refractivity contribution in [3.8, 4) is 0 Å². The molecule has 0 heterocycles. The first kappa shape index (κ1) is 16.0. The molecule has 0 radical (unpaired) electrons. The van der Waals surface area contributed by atoms with Crippen LogP contribution < -0.4 is 0 Å². The number of halogens is 1. The first-order chi connectivity index (χ1) is 9.02. The van der Waals surface area contributed by atoms with Gasteiger partial charge in [0, 0.05) is 23.7 Å². The minimum atomic E-state index is -0.214. The minimum absolute atomic E-state index is 0.120. The highest BCUT2D eigenvalue weighted by molar-refractivity contribution is 7.99. The standard InChI is InChI=1S/C14H20FNO2S/c1-11(14(17)18-3)10-16(2)8-9-19-13-6-4-12(15)5-7-13/h4-7,11H,8-10H2,1-3H3. The normalized spacial score (nSPS) is 12.5. The Morgan fingerprint density at radius 2 is 2.05 bits per heavy atom. The molecule has 0 aliphatic carbocycles. The van der Waals surface area contributed by atoms with Crippen LogP contribution in [0.2, 0.25) is 0 Å². The number of ether oxygens (including phenoxy) is 1. The van der Waals surface area contributed by atoms with Gasteiger partial charge >= 0.3 is 5.97 Å². The predicted molar refractivity (Wildman–Crippen MR) is 75.8 cm³/mol. The summed E-state index contributed by atoms with van der Waals surface area (Å²) in [6.45, 7) is 3.40. The molecule has 0 aliphatic heterocycles. The van der Waals surface area contributed by atoms with Crippen LogP contribution >= 0.6 is 11.8 Å². The molecule has 3 nitrogen and oxygen atoms in total. The molecule has 0 fully saturated rings. The fourth-order valence-corrected chi connectivity index (χ4v) is 2.65. The van der Waals surface area contributed by atoms with Crippen molar-refractivity contribution in [1.29, 1.82) is 0 Å². The Morgan fingerprint density at radius 1 is 1.42 bits per heavy atom.